The molecule has 0 aliphatic rings. The summed E-state index contributed by atoms with van der Waals surface area (Å²) in [4.78, 5) is 0. The Balaban J connectivity index is 2.98. The van der Waals surface area contributed by atoms with Crippen molar-refractivity contribution in [3.8, 4) is 11.5 Å². The summed E-state index contributed by atoms with van der Waals surface area (Å²) in [5.41, 5.74) is 1.07. The van der Waals surface area contributed by atoms with E-state index in [1.54, 1.807) is 0 Å². The Hall–Kier alpha value is -0.930. The van der Waals surface area contributed by atoms with Gasteiger partial charge in [0.2, 0.25) is 0 Å². The quantitative estimate of drug-likeness (QED) is 0.813. The lowest BCUT2D eigenvalue weighted by Gasteiger charge is -2.14. The minimum absolute atomic E-state index is 0.593. The van der Waals surface area contributed by atoms with Crippen molar-refractivity contribution < 1.29 is 9.47 Å². The Morgan fingerprint density at radius 2 is 1.71 bits per heavy atom. The molecule has 1 aromatic rings. The normalized spacial score (nSPS) is 10.4. The van der Waals surface area contributed by atoms with Gasteiger partial charge in [-0.15, -0.1) is 0 Å². The first kappa shape index (κ1) is 14.1. The maximum Gasteiger partial charge on any atom is 0.138 e. The lowest BCUT2D eigenvalue weighted by molar-refractivity contribution is 0.327. The molecule has 3 nitrogen and oxygen atoms in total. The van der Waals surface area contributed by atoms with Crippen molar-refractivity contribution >= 4 is 11.6 Å². The Morgan fingerprint density at radius 1 is 1.06 bits per heavy atom. The van der Waals surface area contributed by atoms with Gasteiger partial charge in [0, 0.05) is 18.2 Å². The van der Waals surface area contributed by atoms with E-state index < -0.39 is 0 Å². The van der Waals surface area contributed by atoms with Gasteiger partial charge in [-0.2, -0.15) is 0 Å². The Morgan fingerprint density at radius 3 is 2.29 bits per heavy atom. The van der Waals surface area contributed by atoms with Gasteiger partial charge in [0.15, 0.2) is 0 Å². The number of hydrogen-bond donors (Lipinski definition) is 1. The zero-order chi connectivity index (χ0) is 12.7. The third kappa shape index (κ3) is 4.10. The highest BCUT2D eigenvalue weighted by Gasteiger charge is 2.10. The Labute approximate surface area is 108 Å². The monoisotopic (exact) mass is 257 g/mol. The van der Waals surface area contributed by atoms with E-state index in [0.29, 0.717) is 24.0 Å². The molecular formula is C13H20ClNO2. The molecule has 0 saturated carbocycles. The minimum atomic E-state index is 0.593. The van der Waals surface area contributed by atoms with E-state index >= 15 is 0 Å². The Kier molecular flexibility index (Phi) is 6.16. The van der Waals surface area contributed by atoms with Gasteiger partial charge < -0.3 is 14.8 Å². The summed E-state index contributed by atoms with van der Waals surface area (Å²) in [7, 11) is 0. The smallest absolute Gasteiger partial charge is 0.138 e. The maximum absolute atomic E-state index is 6.12. The summed E-state index contributed by atoms with van der Waals surface area (Å²) in [6.07, 6.45) is 0. The van der Waals surface area contributed by atoms with E-state index in [9.17, 15) is 0 Å². The van der Waals surface area contributed by atoms with E-state index in [4.69, 9.17) is 21.1 Å². The molecule has 96 valence electrons. The van der Waals surface area contributed by atoms with E-state index in [-0.39, 0.29) is 0 Å². The van der Waals surface area contributed by atoms with Gasteiger partial charge in [0.25, 0.3) is 0 Å². The third-order valence-electron chi connectivity index (χ3n) is 2.28. The number of halogens is 1. The highest BCUT2D eigenvalue weighted by atomic mass is 35.5. The minimum Gasteiger partial charge on any atom is -0.493 e. The van der Waals surface area contributed by atoms with Gasteiger partial charge in [0.05, 0.1) is 18.2 Å². The number of ether oxygens (including phenoxy) is 2. The van der Waals surface area contributed by atoms with Crippen molar-refractivity contribution in [3.63, 3.8) is 0 Å². The number of benzene rings is 1. The fourth-order valence-corrected chi connectivity index (χ4v) is 1.74. The van der Waals surface area contributed by atoms with Crippen molar-refractivity contribution in [2.24, 2.45) is 0 Å². The first-order chi connectivity index (χ1) is 8.22. The van der Waals surface area contributed by atoms with Crippen LogP contribution in [0.1, 0.15) is 26.3 Å². The molecule has 0 amide bonds. The van der Waals surface area contributed by atoms with Crippen LogP contribution in [0.3, 0.4) is 0 Å². The lowest BCUT2D eigenvalue weighted by Crippen LogP contribution is -2.13. The van der Waals surface area contributed by atoms with Gasteiger partial charge in [0.1, 0.15) is 11.5 Å². The predicted octanol–water partition coefficient (Wildman–Crippen LogP) is 3.25. The highest BCUT2D eigenvalue weighted by Crippen LogP contribution is 2.32. The summed E-state index contributed by atoms with van der Waals surface area (Å²) in [6.45, 7) is 8.87. The first-order valence-electron chi connectivity index (χ1n) is 6.01. The summed E-state index contributed by atoms with van der Waals surface area (Å²) in [6, 6.07) is 3.77. The van der Waals surface area contributed by atoms with Gasteiger partial charge in [-0.05, 0) is 26.5 Å². The van der Waals surface area contributed by atoms with Gasteiger partial charge in [-0.3, -0.25) is 0 Å². The van der Waals surface area contributed by atoms with Gasteiger partial charge >= 0.3 is 0 Å². The molecule has 4 heteroatoms. The van der Waals surface area contributed by atoms with Crippen LogP contribution < -0.4 is 14.8 Å². The van der Waals surface area contributed by atoms with Crippen LogP contribution in [0.4, 0.5) is 0 Å². The number of rotatable bonds is 7. The van der Waals surface area contributed by atoms with Crippen LogP contribution in [0, 0.1) is 0 Å². The molecule has 1 N–H and O–H groups in total. The summed E-state index contributed by atoms with van der Waals surface area (Å²) in [5, 5.41) is 3.87. The molecule has 0 aromatic heterocycles. The fraction of sp³-hybridized carbons (Fsp3) is 0.538. The highest BCUT2D eigenvalue weighted by molar-refractivity contribution is 6.32. The summed E-state index contributed by atoms with van der Waals surface area (Å²) >= 11 is 6.12. The van der Waals surface area contributed by atoms with Crippen LogP contribution in [0.25, 0.3) is 0 Å². The molecular weight excluding hydrogens is 238 g/mol. The Bertz CT molecular complexity index is 356. The average molecular weight is 258 g/mol. The molecule has 0 aliphatic heterocycles. The zero-order valence-electron chi connectivity index (χ0n) is 10.7. The second-order valence-electron chi connectivity index (χ2n) is 3.54. The van der Waals surface area contributed by atoms with E-state index in [2.05, 4.69) is 12.2 Å². The van der Waals surface area contributed by atoms with Crippen LogP contribution in [-0.2, 0) is 6.54 Å². The van der Waals surface area contributed by atoms with Crippen molar-refractivity contribution in [2.75, 3.05) is 19.8 Å². The number of hydrogen-bond acceptors (Lipinski definition) is 3. The molecule has 0 saturated heterocycles. The molecule has 0 fully saturated rings. The molecule has 1 rings (SSSR count). The molecule has 0 radical (unpaired) electrons. The van der Waals surface area contributed by atoms with Crippen LogP contribution in [-0.4, -0.2) is 19.8 Å². The van der Waals surface area contributed by atoms with Gasteiger partial charge in [-0.25, -0.2) is 0 Å². The molecule has 17 heavy (non-hydrogen) atoms. The van der Waals surface area contributed by atoms with Crippen molar-refractivity contribution in [3.05, 3.63) is 22.7 Å². The molecule has 0 aliphatic carbocycles. The lowest BCUT2D eigenvalue weighted by atomic mass is 10.2. The van der Waals surface area contributed by atoms with E-state index in [0.717, 1.165) is 24.4 Å². The third-order valence-corrected chi connectivity index (χ3v) is 2.58. The second-order valence-corrected chi connectivity index (χ2v) is 3.94. The van der Waals surface area contributed by atoms with Crippen molar-refractivity contribution in [2.45, 2.75) is 27.3 Å². The SMILES string of the molecule is CCNCc1cc(OCC)c(Cl)cc1OCC. The topological polar surface area (TPSA) is 30.5 Å². The van der Waals surface area contributed by atoms with Gasteiger partial charge in [-0.1, -0.05) is 18.5 Å². The van der Waals surface area contributed by atoms with Crippen LogP contribution in [0.2, 0.25) is 5.02 Å². The van der Waals surface area contributed by atoms with Crippen LogP contribution >= 0.6 is 11.6 Å². The van der Waals surface area contributed by atoms with Crippen LogP contribution in [0.5, 0.6) is 11.5 Å². The molecule has 1 aromatic carbocycles. The second kappa shape index (κ2) is 7.41. The molecule has 0 bridgehead atoms. The summed E-state index contributed by atoms with van der Waals surface area (Å²) < 4.78 is 11.0. The van der Waals surface area contributed by atoms with Crippen molar-refractivity contribution in [1.29, 1.82) is 0 Å². The largest absolute Gasteiger partial charge is 0.493 e. The molecule has 0 unspecified atom stereocenters. The van der Waals surface area contributed by atoms with E-state index in [1.165, 1.54) is 0 Å². The molecule has 0 spiro atoms. The molecule has 0 atom stereocenters. The zero-order valence-corrected chi connectivity index (χ0v) is 11.4. The predicted molar refractivity (Wildman–Crippen MR) is 71.2 cm³/mol. The molecule has 0 heterocycles. The first-order valence-corrected chi connectivity index (χ1v) is 6.39. The standard InChI is InChI=1S/C13H20ClNO2/c1-4-15-9-10-7-13(17-6-3)11(14)8-12(10)16-5-2/h7-8,15H,4-6,9H2,1-3H3. The van der Waals surface area contributed by atoms with Crippen LogP contribution in [0.15, 0.2) is 12.1 Å². The maximum atomic E-state index is 6.12. The fourth-order valence-electron chi connectivity index (χ4n) is 1.53. The van der Waals surface area contributed by atoms with E-state index in [1.807, 2.05) is 26.0 Å². The van der Waals surface area contributed by atoms with Crippen molar-refractivity contribution in [1.82, 2.24) is 5.32 Å². The summed E-state index contributed by atoms with van der Waals surface area (Å²) in [5.74, 6) is 1.53. The number of nitrogens with one attached hydrogen (secondary N) is 1. The average Bonchev–Trinajstić information content (AvgIpc) is 2.31.